The molecule has 1 aliphatic rings. The summed E-state index contributed by atoms with van der Waals surface area (Å²) in [5.74, 6) is 1.14. The fourth-order valence-electron chi connectivity index (χ4n) is 3.12. The maximum atomic E-state index is 9.42. The monoisotopic (exact) mass is 277 g/mol. The van der Waals surface area contributed by atoms with E-state index in [0.717, 1.165) is 13.1 Å². The van der Waals surface area contributed by atoms with E-state index in [2.05, 4.69) is 29.6 Å². The minimum atomic E-state index is 0.345. The summed E-state index contributed by atoms with van der Waals surface area (Å²) >= 11 is 0. The van der Waals surface area contributed by atoms with Crippen LogP contribution in [0.25, 0.3) is 0 Å². The number of benzene rings is 1. The first-order chi connectivity index (χ1) is 9.83. The summed E-state index contributed by atoms with van der Waals surface area (Å²) in [5, 5.41) is 13.0. The molecule has 20 heavy (non-hydrogen) atoms. The first-order valence-corrected chi connectivity index (χ1v) is 7.72. The van der Waals surface area contributed by atoms with E-state index < -0.39 is 0 Å². The van der Waals surface area contributed by atoms with Crippen LogP contribution in [-0.2, 0) is 17.9 Å². The van der Waals surface area contributed by atoms with Gasteiger partial charge in [-0.15, -0.1) is 0 Å². The number of ether oxygens (including phenoxy) is 1. The average molecular weight is 277 g/mol. The zero-order valence-corrected chi connectivity index (χ0v) is 12.5. The van der Waals surface area contributed by atoms with Crippen molar-refractivity contribution in [3.05, 3.63) is 35.4 Å². The molecule has 2 unspecified atom stereocenters. The normalized spacial score (nSPS) is 22.9. The predicted octanol–water partition coefficient (Wildman–Crippen LogP) is 2.72. The van der Waals surface area contributed by atoms with Gasteiger partial charge in [0.2, 0.25) is 0 Å². The van der Waals surface area contributed by atoms with Crippen LogP contribution in [0, 0.1) is 11.8 Å². The van der Waals surface area contributed by atoms with Gasteiger partial charge in [-0.25, -0.2) is 0 Å². The molecule has 3 heteroatoms. The number of nitrogens with one attached hydrogen (secondary N) is 1. The van der Waals surface area contributed by atoms with Crippen LogP contribution in [0.5, 0.6) is 0 Å². The van der Waals surface area contributed by atoms with Gasteiger partial charge in [-0.05, 0) is 42.3 Å². The van der Waals surface area contributed by atoms with Gasteiger partial charge in [0.25, 0.3) is 0 Å². The Morgan fingerprint density at radius 2 is 1.75 bits per heavy atom. The molecule has 3 nitrogen and oxygen atoms in total. The van der Waals surface area contributed by atoms with Crippen LogP contribution in [0.2, 0.25) is 0 Å². The van der Waals surface area contributed by atoms with E-state index in [9.17, 15) is 5.11 Å². The lowest BCUT2D eigenvalue weighted by Crippen LogP contribution is -2.32. The van der Waals surface area contributed by atoms with Gasteiger partial charge in [0.1, 0.15) is 0 Å². The lowest BCUT2D eigenvalue weighted by molar-refractivity contribution is 0.133. The first kappa shape index (κ1) is 15.5. The fourth-order valence-corrected chi connectivity index (χ4v) is 3.12. The van der Waals surface area contributed by atoms with Gasteiger partial charge in [-0.1, -0.05) is 37.1 Å². The van der Waals surface area contributed by atoms with Crippen LogP contribution in [-0.4, -0.2) is 25.4 Å². The number of hydrogen-bond donors (Lipinski definition) is 2. The molecule has 1 aromatic carbocycles. The van der Waals surface area contributed by atoms with Crippen molar-refractivity contribution in [3.63, 3.8) is 0 Å². The molecule has 2 rings (SSSR count). The predicted molar refractivity (Wildman–Crippen MR) is 81.4 cm³/mol. The summed E-state index contributed by atoms with van der Waals surface area (Å²) in [6.07, 6.45) is 5.04. The fraction of sp³-hybridized carbons (Fsp3) is 0.647. The van der Waals surface area contributed by atoms with E-state index in [1.54, 1.807) is 7.11 Å². The van der Waals surface area contributed by atoms with Crippen LogP contribution in [0.3, 0.4) is 0 Å². The lowest BCUT2D eigenvalue weighted by Gasteiger charge is -2.30. The molecule has 0 amide bonds. The van der Waals surface area contributed by atoms with Crippen LogP contribution in [0.4, 0.5) is 0 Å². The summed E-state index contributed by atoms with van der Waals surface area (Å²) in [6.45, 7) is 2.94. The Balaban J connectivity index is 1.74. The van der Waals surface area contributed by atoms with Gasteiger partial charge in [-0.3, -0.25) is 0 Å². The highest BCUT2D eigenvalue weighted by Gasteiger charge is 2.23. The molecular formula is C17H27NO2. The van der Waals surface area contributed by atoms with Crippen LogP contribution >= 0.6 is 0 Å². The number of methoxy groups -OCH3 is 1. The summed E-state index contributed by atoms with van der Waals surface area (Å²) < 4.78 is 5.11. The topological polar surface area (TPSA) is 41.5 Å². The van der Waals surface area contributed by atoms with Crippen molar-refractivity contribution < 1.29 is 9.84 Å². The minimum Gasteiger partial charge on any atom is -0.396 e. The summed E-state index contributed by atoms with van der Waals surface area (Å²) in [6, 6.07) is 8.56. The smallest absolute Gasteiger partial charge is 0.0713 e. The van der Waals surface area contributed by atoms with Gasteiger partial charge < -0.3 is 15.2 Å². The third-order valence-electron chi connectivity index (χ3n) is 4.37. The number of rotatable bonds is 7. The Bertz CT molecular complexity index is 377. The molecule has 0 saturated heterocycles. The summed E-state index contributed by atoms with van der Waals surface area (Å²) in [4.78, 5) is 0. The second-order valence-corrected chi connectivity index (χ2v) is 5.87. The third kappa shape index (κ3) is 4.58. The Hall–Kier alpha value is -0.900. The molecule has 0 heterocycles. The van der Waals surface area contributed by atoms with E-state index in [-0.39, 0.29) is 0 Å². The SMILES string of the molecule is COCc1ccc(CNCC2CCCCC2CO)cc1. The number of aliphatic hydroxyl groups is 1. The quantitative estimate of drug-likeness (QED) is 0.805. The second kappa shape index (κ2) is 8.40. The lowest BCUT2D eigenvalue weighted by atomic mass is 9.79. The molecule has 0 aromatic heterocycles. The van der Waals surface area contributed by atoms with Crippen LogP contribution < -0.4 is 5.32 Å². The molecule has 112 valence electrons. The van der Waals surface area contributed by atoms with Gasteiger partial charge in [-0.2, -0.15) is 0 Å². The molecular weight excluding hydrogens is 250 g/mol. The first-order valence-electron chi connectivity index (χ1n) is 7.72. The van der Waals surface area contributed by atoms with Crippen molar-refractivity contribution >= 4 is 0 Å². The van der Waals surface area contributed by atoms with Crippen molar-refractivity contribution in [3.8, 4) is 0 Å². The molecule has 0 bridgehead atoms. The van der Waals surface area contributed by atoms with E-state index in [1.165, 1.54) is 36.8 Å². The van der Waals surface area contributed by atoms with E-state index >= 15 is 0 Å². The van der Waals surface area contributed by atoms with Crippen molar-refractivity contribution in [2.75, 3.05) is 20.3 Å². The molecule has 0 aliphatic heterocycles. The van der Waals surface area contributed by atoms with Gasteiger partial charge in [0.15, 0.2) is 0 Å². The molecule has 0 spiro atoms. The highest BCUT2D eigenvalue weighted by Crippen LogP contribution is 2.29. The molecule has 1 saturated carbocycles. The van der Waals surface area contributed by atoms with Crippen LogP contribution in [0.15, 0.2) is 24.3 Å². The Morgan fingerprint density at radius 1 is 1.10 bits per heavy atom. The Kier molecular flexibility index (Phi) is 6.51. The van der Waals surface area contributed by atoms with Gasteiger partial charge in [0, 0.05) is 20.3 Å². The van der Waals surface area contributed by atoms with E-state index in [4.69, 9.17) is 4.74 Å². The Labute approximate surface area is 122 Å². The Morgan fingerprint density at radius 3 is 2.40 bits per heavy atom. The maximum absolute atomic E-state index is 9.42. The minimum absolute atomic E-state index is 0.345. The molecule has 1 fully saturated rings. The summed E-state index contributed by atoms with van der Waals surface area (Å²) in [7, 11) is 1.72. The maximum Gasteiger partial charge on any atom is 0.0713 e. The van der Waals surface area contributed by atoms with Crippen molar-refractivity contribution in [1.29, 1.82) is 0 Å². The zero-order valence-electron chi connectivity index (χ0n) is 12.5. The zero-order chi connectivity index (χ0) is 14.2. The van der Waals surface area contributed by atoms with Crippen molar-refractivity contribution in [2.45, 2.75) is 38.8 Å². The van der Waals surface area contributed by atoms with E-state index in [0.29, 0.717) is 25.0 Å². The largest absolute Gasteiger partial charge is 0.396 e. The third-order valence-corrected chi connectivity index (χ3v) is 4.37. The highest BCUT2D eigenvalue weighted by molar-refractivity contribution is 5.21. The standard InChI is InChI=1S/C17H27NO2/c1-20-13-15-8-6-14(7-9-15)10-18-11-16-4-2-3-5-17(16)12-19/h6-9,16-19H,2-5,10-13H2,1H3. The molecule has 1 aromatic rings. The average Bonchev–Trinajstić information content (AvgIpc) is 2.50. The number of hydrogen-bond acceptors (Lipinski definition) is 3. The van der Waals surface area contributed by atoms with Crippen molar-refractivity contribution in [2.24, 2.45) is 11.8 Å². The molecule has 1 aliphatic carbocycles. The molecule has 0 radical (unpaired) electrons. The van der Waals surface area contributed by atoms with E-state index in [1.807, 2.05) is 0 Å². The highest BCUT2D eigenvalue weighted by atomic mass is 16.5. The number of aliphatic hydroxyl groups excluding tert-OH is 1. The second-order valence-electron chi connectivity index (χ2n) is 5.87. The van der Waals surface area contributed by atoms with Gasteiger partial charge >= 0.3 is 0 Å². The molecule has 2 atom stereocenters. The molecule has 2 N–H and O–H groups in total. The van der Waals surface area contributed by atoms with Crippen molar-refractivity contribution in [1.82, 2.24) is 5.32 Å². The van der Waals surface area contributed by atoms with Crippen LogP contribution in [0.1, 0.15) is 36.8 Å². The summed E-state index contributed by atoms with van der Waals surface area (Å²) in [5.41, 5.74) is 2.52. The van der Waals surface area contributed by atoms with Gasteiger partial charge in [0.05, 0.1) is 6.61 Å².